The first-order valence-corrected chi connectivity index (χ1v) is 22.5. The van der Waals surface area contributed by atoms with Gasteiger partial charge in [0, 0.05) is 59.0 Å². The maximum Gasteiger partial charge on any atom is 0.307 e. The largest absolute Gasteiger partial charge is 0.748 e. The number of carboxylic acid groups (broad SMARTS) is 1. The van der Waals surface area contributed by atoms with Crippen LogP contribution in [0, 0.1) is 5.92 Å². The van der Waals surface area contributed by atoms with E-state index >= 15 is 0 Å². The van der Waals surface area contributed by atoms with Crippen LogP contribution >= 0.6 is 0 Å². The predicted molar refractivity (Wildman–Crippen MR) is 225 cm³/mol. The highest BCUT2D eigenvalue weighted by Crippen LogP contribution is 2.51. The van der Waals surface area contributed by atoms with Gasteiger partial charge in [-0.2, -0.15) is 4.58 Å². The van der Waals surface area contributed by atoms with Crippen LogP contribution < -0.4 is 4.90 Å². The highest BCUT2D eigenvalue weighted by atomic mass is 32.2. The topological polar surface area (TPSA) is 178 Å². The lowest BCUT2D eigenvalue weighted by Crippen LogP contribution is -2.28. The SMILES string of the molecule is CC1(C)C(/C=C/C2=C(O)C(=C/C=C3/N(CCCS(=O)(=O)[O-])c4ccc5ccccc5c4C3(C)C)/CC(C(=O)O)C2)=[N+](CCCS(=O)(=O)[O-])c2ccc3ccccc3c21. The summed E-state index contributed by atoms with van der Waals surface area (Å²) in [7, 11) is -8.88. The van der Waals surface area contributed by atoms with Crippen LogP contribution in [0.2, 0.25) is 0 Å². The summed E-state index contributed by atoms with van der Waals surface area (Å²) in [6.45, 7) is 8.77. The molecule has 3 aliphatic rings. The average molecular weight is 824 g/mol. The van der Waals surface area contributed by atoms with Crippen molar-refractivity contribution in [1.82, 2.24) is 0 Å². The smallest absolute Gasteiger partial charge is 0.307 e. The number of allylic oxidation sites excluding steroid dienone is 7. The molecule has 0 fully saturated rings. The molecule has 58 heavy (non-hydrogen) atoms. The molecule has 4 aromatic rings. The predicted octanol–water partition coefficient (Wildman–Crippen LogP) is 7.71. The van der Waals surface area contributed by atoms with E-state index < -0.39 is 54.5 Å². The van der Waals surface area contributed by atoms with Crippen LogP contribution in [0.5, 0.6) is 0 Å². The first-order chi connectivity index (χ1) is 27.3. The zero-order valence-electron chi connectivity index (χ0n) is 32.9. The van der Waals surface area contributed by atoms with Gasteiger partial charge in [-0.25, -0.2) is 16.8 Å². The molecule has 1 aliphatic carbocycles. The number of rotatable bonds is 12. The van der Waals surface area contributed by atoms with Crippen LogP contribution in [-0.2, 0) is 35.9 Å². The highest BCUT2D eigenvalue weighted by molar-refractivity contribution is 7.85. The third-order valence-electron chi connectivity index (χ3n) is 11.8. The number of anilines is 1. The molecule has 7 rings (SSSR count). The van der Waals surface area contributed by atoms with Crippen molar-refractivity contribution in [2.24, 2.45) is 5.92 Å². The van der Waals surface area contributed by atoms with Crippen molar-refractivity contribution >= 4 is 64.8 Å². The van der Waals surface area contributed by atoms with Crippen molar-refractivity contribution in [1.29, 1.82) is 0 Å². The summed E-state index contributed by atoms with van der Waals surface area (Å²) < 4.78 is 71.5. The number of aliphatic carboxylic acids is 1. The summed E-state index contributed by atoms with van der Waals surface area (Å²) in [5, 5.41) is 26.3. The summed E-state index contributed by atoms with van der Waals surface area (Å²) in [6, 6.07) is 24.0. The molecule has 1 atom stereocenters. The van der Waals surface area contributed by atoms with E-state index in [-0.39, 0.29) is 44.5 Å². The fourth-order valence-electron chi connectivity index (χ4n) is 9.18. The lowest BCUT2D eigenvalue weighted by Gasteiger charge is -2.28. The average Bonchev–Trinajstić information content (AvgIpc) is 3.51. The molecule has 0 saturated heterocycles. The minimum absolute atomic E-state index is 0.0447. The molecule has 304 valence electrons. The van der Waals surface area contributed by atoms with Crippen molar-refractivity contribution < 1.29 is 45.5 Å². The molecular formula is C45H47N2O9S2-. The minimum atomic E-state index is -4.44. The molecule has 0 aromatic heterocycles. The molecule has 0 spiro atoms. The van der Waals surface area contributed by atoms with Gasteiger partial charge in [0.05, 0.1) is 31.6 Å². The van der Waals surface area contributed by atoms with E-state index in [1.165, 1.54) is 0 Å². The summed E-state index contributed by atoms with van der Waals surface area (Å²) in [5.74, 6) is -2.93. The van der Waals surface area contributed by atoms with Crippen molar-refractivity contribution in [2.45, 2.75) is 64.2 Å². The lowest BCUT2D eigenvalue weighted by atomic mass is 9.78. The summed E-state index contributed by atoms with van der Waals surface area (Å²) >= 11 is 0. The van der Waals surface area contributed by atoms with E-state index in [9.17, 15) is 40.9 Å². The van der Waals surface area contributed by atoms with E-state index in [1.807, 2.05) is 94.4 Å². The molecule has 11 nitrogen and oxygen atoms in total. The Morgan fingerprint density at radius 3 is 2.03 bits per heavy atom. The van der Waals surface area contributed by atoms with E-state index in [4.69, 9.17) is 0 Å². The van der Waals surface area contributed by atoms with Crippen LogP contribution in [0.3, 0.4) is 0 Å². The van der Waals surface area contributed by atoms with Gasteiger partial charge in [0.1, 0.15) is 12.3 Å². The molecular weight excluding hydrogens is 777 g/mol. The van der Waals surface area contributed by atoms with Gasteiger partial charge in [-0.15, -0.1) is 0 Å². The van der Waals surface area contributed by atoms with E-state index in [0.29, 0.717) is 11.1 Å². The second-order valence-corrected chi connectivity index (χ2v) is 19.5. The molecule has 0 radical (unpaired) electrons. The van der Waals surface area contributed by atoms with Crippen molar-refractivity contribution in [2.75, 3.05) is 29.5 Å². The van der Waals surface area contributed by atoms with Crippen LogP contribution in [-0.4, -0.2) is 77.0 Å². The van der Waals surface area contributed by atoms with Gasteiger partial charge >= 0.3 is 5.97 Å². The molecule has 2 aliphatic heterocycles. The first-order valence-electron chi connectivity index (χ1n) is 19.4. The van der Waals surface area contributed by atoms with Crippen LogP contribution in [0.15, 0.2) is 120 Å². The maximum absolute atomic E-state index is 12.6. The molecule has 4 aromatic carbocycles. The van der Waals surface area contributed by atoms with Gasteiger partial charge in [0.2, 0.25) is 5.69 Å². The van der Waals surface area contributed by atoms with Gasteiger partial charge in [-0.3, -0.25) is 4.79 Å². The molecule has 2 N–H and O–H groups in total. The zero-order valence-corrected chi connectivity index (χ0v) is 34.6. The Labute approximate surface area is 339 Å². The highest BCUT2D eigenvalue weighted by Gasteiger charge is 2.46. The molecule has 0 amide bonds. The summed E-state index contributed by atoms with van der Waals surface area (Å²) in [6.07, 6.45) is 7.55. The Bertz CT molecular complexity index is 2740. The fourth-order valence-corrected chi connectivity index (χ4v) is 10.1. The maximum atomic E-state index is 12.6. The Hall–Kier alpha value is -5.08. The number of fused-ring (bicyclic) bond motifs is 6. The number of aliphatic hydroxyl groups excluding tert-OH is 1. The number of aliphatic hydroxyl groups is 1. The van der Waals surface area contributed by atoms with Gasteiger partial charge in [-0.1, -0.05) is 74.5 Å². The molecule has 13 heteroatoms. The van der Waals surface area contributed by atoms with Gasteiger partial charge in [0.15, 0.2) is 5.71 Å². The first kappa shape index (κ1) is 41.1. The van der Waals surface area contributed by atoms with Gasteiger partial charge in [0.25, 0.3) is 0 Å². The standard InChI is InChI=1S/C45H48N2O9S2/c1-44(2)38(46(23-9-25-57(51,52)53)36-19-15-29-11-5-7-13-34(29)40(36)44)21-17-31-27-33(43(49)50)28-32(42(31)48)18-22-39-45(3,4)41-35-14-8-6-12-30(35)16-20-37(41)47(39)24-10-26-58(54,55)56/h5-8,11-22,33H,9-10,23-28H2,1-4H3,(H3,49,50,51,52,53,54,55,56)/p-1/b31-17+,38-21+. The Kier molecular flexibility index (Phi) is 10.8. The fraction of sp³-hybridized carbons (Fsp3) is 0.333. The van der Waals surface area contributed by atoms with E-state index in [1.54, 1.807) is 12.2 Å². The Balaban J connectivity index is 1.31. The number of carboxylic acids is 1. The monoisotopic (exact) mass is 823 g/mol. The molecule has 0 saturated carbocycles. The number of benzene rings is 4. The quantitative estimate of drug-likeness (QED) is 0.106. The third kappa shape index (κ3) is 7.88. The summed E-state index contributed by atoms with van der Waals surface area (Å²) in [4.78, 5) is 14.6. The second-order valence-electron chi connectivity index (χ2n) is 16.4. The number of hydrogen-bond acceptors (Lipinski definition) is 9. The van der Waals surface area contributed by atoms with Crippen molar-refractivity contribution in [3.05, 3.63) is 131 Å². The minimum Gasteiger partial charge on any atom is -0.748 e. The van der Waals surface area contributed by atoms with E-state index in [2.05, 4.69) is 27.7 Å². The Morgan fingerprint density at radius 2 is 1.40 bits per heavy atom. The van der Waals surface area contributed by atoms with Crippen LogP contribution in [0.4, 0.5) is 11.4 Å². The van der Waals surface area contributed by atoms with Gasteiger partial charge < -0.3 is 24.2 Å². The zero-order chi connectivity index (χ0) is 41.8. The normalized spacial score (nSPS) is 20.6. The number of nitrogens with zero attached hydrogens (tertiary/aromatic N) is 2. The number of carbonyl (C=O) groups is 1. The van der Waals surface area contributed by atoms with Crippen molar-refractivity contribution in [3.8, 4) is 0 Å². The van der Waals surface area contributed by atoms with Crippen LogP contribution in [0.1, 0.15) is 64.5 Å². The third-order valence-corrected chi connectivity index (χ3v) is 13.4. The summed E-state index contributed by atoms with van der Waals surface area (Å²) in [5.41, 5.74) is 5.12. The van der Waals surface area contributed by atoms with E-state index in [0.717, 1.165) is 55.5 Å². The lowest BCUT2D eigenvalue weighted by molar-refractivity contribution is -0.437. The van der Waals surface area contributed by atoms with Gasteiger partial charge in [-0.05, 0) is 95.6 Å². The molecule has 2 heterocycles. The molecule has 1 unspecified atom stereocenters. The Morgan fingerprint density at radius 1 is 0.793 bits per heavy atom. The molecule has 0 bridgehead atoms. The van der Waals surface area contributed by atoms with Crippen LogP contribution in [0.25, 0.3) is 21.5 Å². The second kappa shape index (κ2) is 15.3. The van der Waals surface area contributed by atoms with Crippen molar-refractivity contribution in [3.63, 3.8) is 0 Å². The number of hydrogen-bond donors (Lipinski definition) is 2.